The van der Waals surface area contributed by atoms with Crippen LogP contribution < -0.4 is 5.46 Å². The van der Waals surface area contributed by atoms with Crippen LogP contribution in [0.2, 0.25) is 0 Å². The quantitative estimate of drug-likeness (QED) is 0.801. The Balaban J connectivity index is 2.31. The molecule has 0 unspecified atom stereocenters. The first-order valence-corrected chi connectivity index (χ1v) is 7.13. The molecule has 1 saturated heterocycles. The number of aromatic hydroxyl groups is 1. The molecule has 2 rings (SSSR count). The van der Waals surface area contributed by atoms with Gasteiger partial charge in [-0.2, -0.15) is 0 Å². The van der Waals surface area contributed by atoms with Crippen molar-refractivity contribution in [2.75, 3.05) is 0 Å². The zero-order valence-electron chi connectivity index (χ0n) is 13.6. The third kappa shape index (κ3) is 2.59. The highest BCUT2D eigenvalue weighted by Crippen LogP contribution is 2.37. The molecule has 3 nitrogen and oxygen atoms in total. The zero-order valence-corrected chi connectivity index (χ0v) is 13.6. The highest BCUT2D eigenvalue weighted by atomic mass is 16.7. The van der Waals surface area contributed by atoms with Gasteiger partial charge in [-0.25, -0.2) is 0 Å². The molecule has 0 spiro atoms. The summed E-state index contributed by atoms with van der Waals surface area (Å²) in [6.45, 7) is 14.3. The fraction of sp³-hybridized carbons (Fsp3) is 0.625. The van der Waals surface area contributed by atoms with Crippen LogP contribution in [-0.4, -0.2) is 23.4 Å². The van der Waals surface area contributed by atoms with Gasteiger partial charge in [0, 0.05) is 0 Å². The fourth-order valence-electron chi connectivity index (χ4n) is 2.31. The van der Waals surface area contributed by atoms with Gasteiger partial charge < -0.3 is 14.4 Å². The lowest BCUT2D eigenvalue weighted by Gasteiger charge is -2.32. The van der Waals surface area contributed by atoms with E-state index in [1.807, 2.05) is 39.8 Å². The van der Waals surface area contributed by atoms with E-state index in [1.165, 1.54) is 0 Å². The van der Waals surface area contributed by atoms with Crippen LogP contribution in [0, 0.1) is 0 Å². The van der Waals surface area contributed by atoms with Crippen molar-refractivity contribution in [2.24, 2.45) is 0 Å². The molecule has 0 bridgehead atoms. The highest BCUT2D eigenvalue weighted by Gasteiger charge is 2.51. The van der Waals surface area contributed by atoms with E-state index in [9.17, 15) is 5.11 Å². The normalized spacial score (nSPS) is 21.2. The number of benzene rings is 1. The maximum absolute atomic E-state index is 10.2. The van der Waals surface area contributed by atoms with Crippen LogP contribution in [0.5, 0.6) is 5.75 Å². The lowest BCUT2D eigenvalue weighted by Crippen LogP contribution is -2.41. The van der Waals surface area contributed by atoms with Gasteiger partial charge in [0.05, 0.1) is 11.2 Å². The Bertz CT molecular complexity index is 499. The molecule has 0 aromatic heterocycles. The van der Waals surface area contributed by atoms with Crippen LogP contribution in [0.25, 0.3) is 0 Å². The third-order valence-corrected chi connectivity index (χ3v) is 4.36. The van der Waals surface area contributed by atoms with E-state index in [1.54, 1.807) is 6.07 Å². The monoisotopic (exact) mass is 276 g/mol. The number of phenols is 1. The SMILES string of the molecule is CC(C)(C)c1ccc(B2OC(C)(C)C(C)(C)O2)cc1O. The summed E-state index contributed by atoms with van der Waals surface area (Å²) in [7, 11) is -0.431. The van der Waals surface area contributed by atoms with Crippen LogP contribution in [0.15, 0.2) is 18.2 Å². The molecule has 0 aliphatic carbocycles. The smallest absolute Gasteiger partial charge is 0.494 e. The molecule has 0 radical (unpaired) electrons. The Morgan fingerprint density at radius 3 is 1.90 bits per heavy atom. The van der Waals surface area contributed by atoms with Crippen molar-refractivity contribution in [3.8, 4) is 5.75 Å². The first kappa shape index (κ1) is 15.4. The summed E-state index contributed by atoms with van der Waals surface area (Å²) < 4.78 is 12.0. The van der Waals surface area contributed by atoms with E-state index < -0.39 is 7.12 Å². The van der Waals surface area contributed by atoms with Crippen molar-refractivity contribution in [3.63, 3.8) is 0 Å². The molecule has 1 aliphatic rings. The van der Waals surface area contributed by atoms with Gasteiger partial charge >= 0.3 is 7.12 Å². The summed E-state index contributed by atoms with van der Waals surface area (Å²) in [5.74, 6) is 0.296. The number of hydrogen-bond donors (Lipinski definition) is 1. The molecule has 110 valence electrons. The Morgan fingerprint density at radius 1 is 1.00 bits per heavy atom. The maximum Gasteiger partial charge on any atom is 0.494 e. The molecule has 1 aromatic rings. The standard InChI is InChI=1S/C16H25BO3/c1-14(2,3)12-9-8-11(10-13(12)18)17-19-15(4,5)16(6,7)20-17/h8-10,18H,1-7H3. The van der Waals surface area contributed by atoms with Gasteiger partial charge in [0.15, 0.2) is 0 Å². The van der Waals surface area contributed by atoms with Crippen molar-refractivity contribution in [3.05, 3.63) is 23.8 Å². The topological polar surface area (TPSA) is 38.7 Å². The molecule has 1 aliphatic heterocycles. The minimum Gasteiger partial charge on any atom is -0.508 e. The molecule has 0 saturated carbocycles. The zero-order chi connectivity index (χ0) is 15.3. The second-order valence-electron chi connectivity index (χ2n) is 7.61. The highest BCUT2D eigenvalue weighted by molar-refractivity contribution is 6.62. The number of rotatable bonds is 1. The maximum atomic E-state index is 10.2. The minimum atomic E-state index is -0.431. The Morgan fingerprint density at radius 2 is 1.50 bits per heavy atom. The summed E-state index contributed by atoms with van der Waals surface area (Å²) in [5.41, 5.74) is 0.969. The molecule has 0 atom stereocenters. The van der Waals surface area contributed by atoms with E-state index >= 15 is 0 Å². The molecule has 1 aromatic carbocycles. The van der Waals surface area contributed by atoms with Crippen LogP contribution in [0.4, 0.5) is 0 Å². The lowest BCUT2D eigenvalue weighted by atomic mass is 9.76. The lowest BCUT2D eigenvalue weighted by molar-refractivity contribution is 0.00578. The molecule has 4 heteroatoms. The Hall–Kier alpha value is -0.995. The molecule has 1 N–H and O–H groups in total. The van der Waals surface area contributed by atoms with E-state index in [0.29, 0.717) is 5.75 Å². The van der Waals surface area contributed by atoms with Crippen molar-refractivity contribution < 1.29 is 14.4 Å². The van der Waals surface area contributed by atoms with Crippen LogP contribution in [0.1, 0.15) is 54.0 Å². The van der Waals surface area contributed by atoms with Crippen molar-refractivity contribution in [2.45, 2.75) is 65.1 Å². The van der Waals surface area contributed by atoms with Gasteiger partial charge in [-0.15, -0.1) is 0 Å². The van der Waals surface area contributed by atoms with Crippen molar-refractivity contribution >= 4 is 12.6 Å². The van der Waals surface area contributed by atoms with E-state index in [4.69, 9.17) is 9.31 Å². The van der Waals surface area contributed by atoms with Crippen LogP contribution in [0.3, 0.4) is 0 Å². The molecular formula is C16H25BO3. The van der Waals surface area contributed by atoms with E-state index in [-0.39, 0.29) is 16.6 Å². The predicted molar refractivity (Wildman–Crippen MR) is 82.5 cm³/mol. The molecule has 1 fully saturated rings. The van der Waals surface area contributed by atoms with Crippen molar-refractivity contribution in [1.29, 1.82) is 0 Å². The molecule has 1 heterocycles. The summed E-state index contributed by atoms with van der Waals surface area (Å²) in [4.78, 5) is 0. The van der Waals surface area contributed by atoms with Crippen LogP contribution in [-0.2, 0) is 14.7 Å². The van der Waals surface area contributed by atoms with Crippen LogP contribution >= 0.6 is 0 Å². The molecular weight excluding hydrogens is 251 g/mol. The van der Waals surface area contributed by atoms with Gasteiger partial charge in [0.2, 0.25) is 0 Å². The summed E-state index contributed by atoms with van der Waals surface area (Å²) in [6.07, 6.45) is 0. The number of phenolic OH excluding ortho intramolecular Hbond substituents is 1. The average molecular weight is 276 g/mol. The van der Waals surface area contributed by atoms with E-state index in [2.05, 4.69) is 20.8 Å². The first-order chi connectivity index (χ1) is 8.94. The number of hydrogen-bond acceptors (Lipinski definition) is 3. The van der Waals surface area contributed by atoms with Gasteiger partial charge in [-0.1, -0.05) is 32.9 Å². The van der Waals surface area contributed by atoms with Crippen molar-refractivity contribution in [1.82, 2.24) is 0 Å². The Kier molecular flexibility index (Phi) is 3.47. The predicted octanol–water partition coefficient (Wildman–Crippen LogP) is 2.99. The summed E-state index contributed by atoms with van der Waals surface area (Å²) >= 11 is 0. The molecule has 20 heavy (non-hydrogen) atoms. The van der Waals surface area contributed by atoms with Gasteiger partial charge in [-0.3, -0.25) is 0 Å². The average Bonchev–Trinajstić information content (AvgIpc) is 2.46. The minimum absolute atomic E-state index is 0.0848. The van der Waals surface area contributed by atoms with Gasteiger partial charge in [0.25, 0.3) is 0 Å². The van der Waals surface area contributed by atoms with E-state index in [0.717, 1.165) is 11.0 Å². The fourth-order valence-corrected chi connectivity index (χ4v) is 2.31. The third-order valence-electron chi connectivity index (χ3n) is 4.36. The van der Waals surface area contributed by atoms with Gasteiger partial charge in [-0.05, 0) is 50.2 Å². The summed E-state index contributed by atoms with van der Waals surface area (Å²) in [6, 6.07) is 5.68. The second-order valence-corrected chi connectivity index (χ2v) is 7.61. The largest absolute Gasteiger partial charge is 0.508 e. The second kappa shape index (κ2) is 4.50. The van der Waals surface area contributed by atoms with Gasteiger partial charge in [0.1, 0.15) is 5.75 Å². The molecule has 0 amide bonds. The Labute approximate surface area is 122 Å². The first-order valence-electron chi connectivity index (χ1n) is 7.13. The summed E-state index contributed by atoms with van der Waals surface area (Å²) in [5, 5.41) is 10.2.